The molecule has 0 atom stereocenters. The summed E-state index contributed by atoms with van der Waals surface area (Å²) in [5.41, 5.74) is 8.37. The Labute approximate surface area is 256 Å². The smallest absolute Gasteiger partial charge is 0.274 e. The fourth-order valence-corrected chi connectivity index (χ4v) is 7.26. The lowest BCUT2D eigenvalue weighted by atomic mass is 9.95. The number of thiophene rings is 1. The summed E-state index contributed by atoms with van der Waals surface area (Å²) < 4.78 is 14.4. The molecule has 0 saturated carbocycles. The second kappa shape index (κ2) is 12.4. The van der Waals surface area contributed by atoms with Crippen LogP contribution in [0.4, 0.5) is 0 Å². The van der Waals surface area contributed by atoms with Crippen LogP contribution in [0, 0.1) is 13.8 Å². The normalized spacial score (nSPS) is 12.9. The van der Waals surface area contributed by atoms with Gasteiger partial charge in [-0.05, 0) is 97.4 Å². The van der Waals surface area contributed by atoms with Gasteiger partial charge in [0.1, 0.15) is 11.6 Å². The van der Waals surface area contributed by atoms with Crippen LogP contribution in [0.3, 0.4) is 0 Å². The molecular formula is C30H28BrCl2N3O3S. The van der Waals surface area contributed by atoms with E-state index in [2.05, 4.69) is 57.0 Å². The molecule has 0 spiro atoms. The number of carbonyl (C=O) groups excluding carboxylic acids is 1. The number of hydrogen-bond donors (Lipinski definition) is 1. The maximum absolute atomic E-state index is 13.5. The van der Waals surface area contributed by atoms with Crippen LogP contribution in [0.25, 0.3) is 5.00 Å². The van der Waals surface area contributed by atoms with Crippen LogP contribution in [-0.2, 0) is 19.4 Å². The fourth-order valence-electron chi connectivity index (χ4n) is 4.86. The van der Waals surface area contributed by atoms with Gasteiger partial charge in [-0.2, -0.15) is 5.10 Å². The molecule has 4 aromatic rings. The first kappa shape index (κ1) is 28.7. The third-order valence-corrected chi connectivity index (χ3v) is 9.46. The zero-order chi connectivity index (χ0) is 28.4. The van der Waals surface area contributed by atoms with Gasteiger partial charge >= 0.3 is 0 Å². The topological polar surface area (TPSA) is 64.8 Å². The maximum Gasteiger partial charge on any atom is 0.274 e. The molecule has 1 amide bonds. The van der Waals surface area contributed by atoms with Crippen molar-refractivity contribution in [2.75, 3.05) is 7.11 Å². The molecule has 6 nitrogen and oxygen atoms in total. The molecule has 0 unspecified atom stereocenters. The van der Waals surface area contributed by atoms with Crippen molar-refractivity contribution in [2.24, 2.45) is 5.10 Å². The quantitative estimate of drug-likeness (QED) is 0.152. The lowest BCUT2D eigenvalue weighted by Gasteiger charge is -2.14. The minimum atomic E-state index is -0.207. The van der Waals surface area contributed by atoms with Crippen LogP contribution in [-0.4, -0.2) is 23.8 Å². The summed E-state index contributed by atoms with van der Waals surface area (Å²) in [5, 5.41) is 6.36. The van der Waals surface area contributed by atoms with Gasteiger partial charge in [0.05, 0.1) is 18.9 Å². The number of hydrazone groups is 1. The highest BCUT2D eigenvalue weighted by Crippen LogP contribution is 2.38. The Kier molecular flexibility index (Phi) is 8.90. The standard InChI is InChI=1S/C30H28BrCl2N3O3S/c1-17-8-9-18(2)36(17)30-28(22-6-4-5-7-27(22)40-30)29(37)35-34-15-20-12-25(38-3)26(14-23(20)31)39-16-19-10-11-21(32)13-24(19)33/h8-15H,4-7,16H2,1-3H3,(H,35,37)/b34-15-. The number of hydrogen-bond acceptors (Lipinski definition) is 5. The molecule has 0 fully saturated rings. The van der Waals surface area contributed by atoms with Crippen molar-refractivity contribution < 1.29 is 14.3 Å². The molecule has 208 valence electrons. The molecule has 1 aliphatic rings. The van der Waals surface area contributed by atoms with Crippen LogP contribution in [0.5, 0.6) is 11.5 Å². The summed E-state index contributed by atoms with van der Waals surface area (Å²) in [6.07, 6.45) is 5.74. The van der Waals surface area contributed by atoms with Crippen molar-refractivity contribution in [3.63, 3.8) is 0 Å². The molecule has 0 saturated heterocycles. The van der Waals surface area contributed by atoms with Gasteiger partial charge in [-0.25, -0.2) is 5.43 Å². The van der Waals surface area contributed by atoms with Crippen molar-refractivity contribution in [1.82, 2.24) is 9.99 Å². The van der Waals surface area contributed by atoms with Gasteiger partial charge in [-0.15, -0.1) is 11.3 Å². The highest BCUT2D eigenvalue weighted by atomic mass is 79.9. The van der Waals surface area contributed by atoms with E-state index < -0.39 is 0 Å². The predicted octanol–water partition coefficient (Wildman–Crippen LogP) is 8.46. The van der Waals surface area contributed by atoms with Crippen molar-refractivity contribution in [1.29, 1.82) is 0 Å². The Morgan fingerprint density at radius 1 is 1.10 bits per heavy atom. The molecule has 2 heterocycles. The molecule has 40 heavy (non-hydrogen) atoms. The number of aromatic nitrogens is 1. The SMILES string of the molecule is COc1cc(/C=N\NC(=O)c2c(-n3c(C)ccc3C)sc3c2CCCC3)c(Br)cc1OCc1ccc(Cl)cc1Cl. The van der Waals surface area contributed by atoms with Gasteiger partial charge in [0.2, 0.25) is 0 Å². The third kappa shape index (κ3) is 5.96. The van der Waals surface area contributed by atoms with E-state index in [1.165, 1.54) is 4.88 Å². The average molecular weight is 661 g/mol. The molecule has 1 aliphatic carbocycles. The maximum atomic E-state index is 13.5. The van der Waals surface area contributed by atoms with Crippen LogP contribution in [0.15, 0.2) is 52.0 Å². The summed E-state index contributed by atoms with van der Waals surface area (Å²) in [6, 6.07) is 13.0. The summed E-state index contributed by atoms with van der Waals surface area (Å²) in [6.45, 7) is 4.37. The van der Waals surface area contributed by atoms with Crippen molar-refractivity contribution in [3.05, 3.63) is 95.5 Å². The van der Waals surface area contributed by atoms with Gasteiger partial charge in [0.15, 0.2) is 11.5 Å². The van der Waals surface area contributed by atoms with E-state index in [4.69, 9.17) is 32.7 Å². The second-order valence-corrected chi connectivity index (χ2v) is 12.4. The second-order valence-electron chi connectivity index (χ2n) is 9.59. The van der Waals surface area contributed by atoms with Gasteiger partial charge in [0.25, 0.3) is 5.91 Å². The number of amides is 1. The van der Waals surface area contributed by atoms with Crippen LogP contribution in [0.1, 0.15) is 56.2 Å². The van der Waals surface area contributed by atoms with Gasteiger partial charge < -0.3 is 14.0 Å². The van der Waals surface area contributed by atoms with E-state index in [1.54, 1.807) is 48.9 Å². The molecule has 1 N–H and O–H groups in total. The Bertz CT molecular complexity index is 1590. The first-order chi connectivity index (χ1) is 19.3. The molecule has 0 aliphatic heterocycles. The van der Waals surface area contributed by atoms with Crippen molar-refractivity contribution in [2.45, 2.75) is 46.1 Å². The van der Waals surface area contributed by atoms with E-state index in [9.17, 15) is 4.79 Å². The number of rotatable bonds is 8. The number of nitrogens with one attached hydrogen (secondary N) is 1. The van der Waals surface area contributed by atoms with Crippen LogP contribution < -0.4 is 14.9 Å². The van der Waals surface area contributed by atoms with E-state index in [-0.39, 0.29) is 12.5 Å². The molecule has 0 bridgehead atoms. The van der Waals surface area contributed by atoms with Gasteiger partial charge in [0, 0.05) is 41.9 Å². The Balaban J connectivity index is 1.36. The molecule has 0 radical (unpaired) electrons. The van der Waals surface area contributed by atoms with Crippen LogP contribution in [0.2, 0.25) is 10.0 Å². The number of carbonyl (C=O) groups is 1. The molecular weight excluding hydrogens is 633 g/mol. The minimum Gasteiger partial charge on any atom is -0.493 e. The monoisotopic (exact) mass is 659 g/mol. The predicted molar refractivity (Wildman–Crippen MR) is 166 cm³/mol. The van der Waals surface area contributed by atoms with E-state index >= 15 is 0 Å². The number of aryl methyl sites for hydroxylation is 3. The zero-order valence-corrected chi connectivity index (χ0v) is 26.2. The lowest BCUT2D eigenvalue weighted by Crippen LogP contribution is -2.21. The van der Waals surface area contributed by atoms with Gasteiger partial charge in [-0.1, -0.05) is 29.3 Å². The first-order valence-corrected chi connectivity index (χ1v) is 15.2. The fraction of sp³-hybridized carbons (Fsp3) is 0.267. The Hall–Kier alpha value is -2.78. The number of halogens is 3. The minimum absolute atomic E-state index is 0.207. The largest absolute Gasteiger partial charge is 0.493 e. The number of fused-ring (bicyclic) bond motifs is 1. The summed E-state index contributed by atoms with van der Waals surface area (Å²) in [4.78, 5) is 14.8. The third-order valence-electron chi connectivity index (χ3n) is 6.90. The highest BCUT2D eigenvalue weighted by molar-refractivity contribution is 9.10. The van der Waals surface area contributed by atoms with Crippen molar-refractivity contribution in [3.8, 4) is 16.5 Å². The summed E-state index contributed by atoms with van der Waals surface area (Å²) >= 11 is 17.6. The van der Waals surface area contributed by atoms with E-state index in [0.29, 0.717) is 21.5 Å². The number of ether oxygens (including phenoxy) is 2. The van der Waals surface area contributed by atoms with Gasteiger partial charge in [-0.3, -0.25) is 4.79 Å². The van der Waals surface area contributed by atoms with E-state index in [0.717, 1.165) is 68.8 Å². The first-order valence-electron chi connectivity index (χ1n) is 12.8. The summed E-state index contributed by atoms with van der Waals surface area (Å²) in [5.74, 6) is 0.850. The Morgan fingerprint density at radius 2 is 1.85 bits per heavy atom. The highest BCUT2D eigenvalue weighted by Gasteiger charge is 2.27. The number of methoxy groups -OCH3 is 1. The lowest BCUT2D eigenvalue weighted by molar-refractivity contribution is 0.0954. The average Bonchev–Trinajstić information content (AvgIpc) is 3.47. The van der Waals surface area contributed by atoms with Crippen molar-refractivity contribution >= 4 is 62.6 Å². The molecule has 2 aromatic carbocycles. The number of benzene rings is 2. The summed E-state index contributed by atoms with van der Waals surface area (Å²) in [7, 11) is 1.57. The molecule has 10 heteroatoms. The molecule has 5 rings (SSSR count). The molecule has 2 aromatic heterocycles. The Morgan fingerprint density at radius 3 is 2.58 bits per heavy atom. The van der Waals surface area contributed by atoms with E-state index in [1.807, 2.05) is 6.07 Å². The zero-order valence-electron chi connectivity index (χ0n) is 22.3. The number of nitrogens with zero attached hydrogens (tertiary/aromatic N) is 2. The van der Waals surface area contributed by atoms with Crippen LogP contribution >= 0.6 is 50.5 Å².